The molecule has 11 heteroatoms. The molecule has 0 radical (unpaired) electrons. The van der Waals surface area contributed by atoms with Crippen LogP contribution in [0.4, 0.5) is 10.2 Å². The number of sulfonamides is 1. The number of halogens is 5. The summed E-state index contributed by atoms with van der Waals surface area (Å²) in [5, 5.41) is -1.26. The van der Waals surface area contributed by atoms with E-state index in [1.165, 1.54) is 0 Å². The maximum absolute atomic E-state index is 13.6. The van der Waals surface area contributed by atoms with Crippen LogP contribution in [-0.2, 0) is 10.0 Å². The summed E-state index contributed by atoms with van der Waals surface area (Å²) >= 11 is 22.3. The van der Waals surface area contributed by atoms with Crippen molar-refractivity contribution < 1.29 is 12.8 Å². The van der Waals surface area contributed by atoms with Crippen molar-refractivity contribution >= 4 is 62.2 Å². The summed E-state index contributed by atoms with van der Waals surface area (Å²) in [5.74, 6) is -1.23. The number of nitrogens with one attached hydrogen (secondary N) is 1. The highest BCUT2D eigenvalue weighted by molar-refractivity contribution is 7.92. The molecule has 0 saturated carbocycles. The van der Waals surface area contributed by atoms with Crippen molar-refractivity contribution in [1.29, 1.82) is 0 Å². The lowest BCUT2D eigenvalue weighted by Gasteiger charge is -2.10. The van der Waals surface area contributed by atoms with Crippen LogP contribution in [0.2, 0.25) is 20.5 Å². The lowest BCUT2D eigenvalue weighted by Crippen LogP contribution is -2.15. The SMILES string of the molecule is O=S(=O)(Nc1cc(Cl)nc(Cl)n1)c1ccc(Cl)c(F)c1Cl. The van der Waals surface area contributed by atoms with Crippen molar-refractivity contribution in [2.75, 3.05) is 4.72 Å². The molecule has 1 aromatic heterocycles. The molecule has 2 aromatic rings. The summed E-state index contributed by atoms with van der Waals surface area (Å²) in [5.41, 5.74) is 0. The monoisotopic (exact) mass is 389 g/mol. The third-order valence-corrected chi connectivity index (χ3v) is 4.73. The molecular formula is C10H4Cl4FN3O2S. The van der Waals surface area contributed by atoms with E-state index in [-0.39, 0.29) is 21.3 Å². The van der Waals surface area contributed by atoms with Crippen LogP contribution in [0.25, 0.3) is 0 Å². The number of hydrogen-bond donors (Lipinski definition) is 1. The van der Waals surface area contributed by atoms with E-state index in [4.69, 9.17) is 46.4 Å². The minimum atomic E-state index is -4.20. The van der Waals surface area contributed by atoms with Gasteiger partial charge < -0.3 is 0 Å². The Morgan fingerprint density at radius 1 is 1.10 bits per heavy atom. The summed E-state index contributed by atoms with van der Waals surface area (Å²) in [7, 11) is -4.20. The topological polar surface area (TPSA) is 72.0 Å². The third-order valence-electron chi connectivity index (χ3n) is 2.20. The van der Waals surface area contributed by atoms with Gasteiger partial charge in [0.1, 0.15) is 15.9 Å². The molecule has 0 bridgehead atoms. The summed E-state index contributed by atoms with van der Waals surface area (Å²) in [6.07, 6.45) is 0. The molecule has 2 rings (SSSR count). The van der Waals surface area contributed by atoms with Crippen molar-refractivity contribution in [3.8, 4) is 0 Å². The molecule has 1 aromatic carbocycles. The van der Waals surface area contributed by atoms with Gasteiger partial charge in [0.25, 0.3) is 10.0 Å². The summed E-state index contributed by atoms with van der Waals surface area (Å²) < 4.78 is 39.9. The first-order valence-electron chi connectivity index (χ1n) is 5.07. The van der Waals surface area contributed by atoms with Crippen LogP contribution >= 0.6 is 46.4 Å². The van der Waals surface area contributed by atoms with Crippen molar-refractivity contribution in [2.45, 2.75) is 4.90 Å². The van der Waals surface area contributed by atoms with Crippen molar-refractivity contribution in [3.63, 3.8) is 0 Å². The van der Waals surface area contributed by atoms with Gasteiger partial charge in [0.05, 0.1) is 10.0 Å². The predicted octanol–water partition coefficient (Wildman–Crippen LogP) is 4.03. The van der Waals surface area contributed by atoms with Crippen molar-refractivity contribution in [3.05, 3.63) is 44.5 Å². The second kappa shape index (κ2) is 6.10. The molecule has 112 valence electrons. The average molecular weight is 391 g/mol. The molecule has 21 heavy (non-hydrogen) atoms. The Labute approximate surface area is 139 Å². The highest BCUT2D eigenvalue weighted by atomic mass is 35.5. The summed E-state index contributed by atoms with van der Waals surface area (Å²) in [4.78, 5) is 6.69. The van der Waals surface area contributed by atoms with E-state index < -0.39 is 25.8 Å². The maximum atomic E-state index is 13.6. The fraction of sp³-hybridized carbons (Fsp3) is 0. The van der Waals surface area contributed by atoms with E-state index in [1.54, 1.807) is 0 Å². The van der Waals surface area contributed by atoms with Crippen LogP contribution in [0, 0.1) is 5.82 Å². The van der Waals surface area contributed by atoms with Gasteiger partial charge in [-0.2, -0.15) is 4.98 Å². The molecule has 5 nitrogen and oxygen atoms in total. The summed E-state index contributed by atoms with van der Waals surface area (Å²) in [6, 6.07) is 3.25. The first-order valence-corrected chi connectivity index (χ1v) is 8.06. The zero-order valence-electron chi connectivity index (χ0n) is 9.74. The number of nitrogens with zero attached hydrogens (tertiary/aromatic N) is 2. The molecule has 1 N–H and O–H groups in total. The second-order valence-corrected chi connectivity index (χ2v) is 6.79. The first kappa shape index (κ1) is 16.5. The minimum Gasteiger partial charge on any atom is -0.263 e. The van der Waals surface area contributed by atoms with Gasteiger partial charge in [-0.3, -0.25) is 4.72 Å². The van der Waals surface area contributed by atoms with Gasteiger partial charge in [0.15, 0.2) is 5.82 Å². The summed E-state index contributed by atoms with van der Waals surface area (Å²) in [6.45, 7) is 0. The predicted molar refractivity (Wildman–Crippen MR) is 79.3 cm³/mol. The van der Waals surface area contributed by atoms with E-state index in [0.29, 0.717) is 0 Å². The van der Waals surface area contributed by atoms with Gasteiger partial charge in [-0.05, 0) is 23.7 Å². The maximum Gasteiger partial charge on any atom is 0.264 e. The largest absolute Gasteiger partial charge is 0.264 e. The molecule has 0 amide bonds. The number of rotatable bonds is 3. The Balaban J connectivity index is 2.46. The van der Waals surface area contributed by atoms with E-state index >= 15 is 0 Å². The quantitative estimate of drug-likeness (QED) is 0.487. The highest BCUT2D eigenvalue weighted by Crippen LogP contribution is 2.30. The molecule has 0 unspecified atom stereocenters. The zero-order valence-corrected chi connectivity index (χ0v) is 13.6. The van der Waals surface area contributed by atoms with Crippen LogP contribution in [0.15, 0.2) is 23.1 Å². The van der Waals surface area contributed by atoms with Crippen LogP contribution in [0.1, 0.15) is 0 Å². The molecule has 0 aliphatic heterocycles. The number of aromatic nitrogens is 2. The average Bonchev–Trinajstić information content (AvgIpc) is 2.33. The van der Waals surface area contributed by atoms with Crippen molar-refractivity contribution in [1.82, 2.24) is 9.97 Å². The Kier molecular flexibility index (Phi) is 4.79. The van der Waals surface area contributed by atoms with Crippen molar-refractivity contribution in [2.24, 2.45) is 0 Å². The van der Waals surface area contributed by atoms with E-state index in [9.17, 15) is 12.8 Å². The normalized spacial score (nSPS) is 11.5. The molecule has 0 aliphatic rings. The number of hydrogen-bond acceptors (Lipinski definition) is 4. The fourth-order valence-electron chi connectivity index (χ4n) is 1.35. The van der Waals surface area contributed by atoms with Gasteiger partial charge in [-0.1, -0.05) is 34.8 Å². The molecule has 0 fully saturated rings. The lowest BCUT2D eigenvalue weighted by atomic mass is 10.3. The fourth-order valence-corrected chi connectivity index (χ4v) is 3.50. The Bertz CT molecular complexity index is 796. The van der Waals surface area contributed by atoms with Gasteiger partial charge in [-0.25, -0.2) is 17.8 Å². The smallest absolute Gasteiger partial charge is 0.263 e. The van der Waals surface area contributed by atoms with Crippen LogP contribution in [-0.4, -0.2) is 18.4 Å². The van der Waals surface area contributed by atoms with E-state index in [2.05, 4.69) is 14.7 Å². The van der Waals surface area contributed by atoms with Gasteiger partial charge in [-0.15, -0.1) is 0 Å². The number of anilines is 1. The molecule has 1 heterocycles. The Morgan fingerprint density at radius 2 is 1.76 bits per heavy atom. The van der Waals surface area contributed by atoms with Gasteiger partial charge in [0.2, 0.25) is 5.28 Å². The molecule has 0 atom stereocenters. The Hall–Kier alpha value is -0.860. The van der Waals surface area contributed by atoms with Crippen LogP contribution in [0.3, 0.4) is 0 Å². The second-order valence-electron chi connectivity index (χ2n) is 3.62. The third kappa shape index (κ3) is 3.67. The molecule has 0 spiro atoms. The molecular weight excluding hydrogens is 387 g/mol. The zero-order chi connectivity index (χ0) is 15.8. The molecule has 0 aliphatic carbocycles. The lowest BCUT2D eigenvalue weighted by molar-refractivity contribution is 0.595. The van der Waals surface area contributed by atoms with Gasteiger partial charge >= 0.3 is 0 Å². The van der Waals surface area contributed by atoms with Gasteiger partial charge in [0, 0.05) is 6.07 Å². The Morgan fingerprint density at radius 3 is 2.38 bits per heavy atom. The number of benzene rings is 1. The van der Waals surface area contributed by atoms with E-state index in [1.807, 2.05) is 0 Å². The molecule has 0 saturated heterocycles. The minimum absolute atomic E-state index is 0.0684. The highest BCUT2D eigenvalue weighted by Gasteiger charge is 2.23. The van der Waals surface area contributed by atoms with E-state index in [0.717, 1.165) is 18.2 Å². The standard InChI is InChI=1S/C10H4Cl4FN3O2S/c11-4-1-2-5(8(13)9(4)15)21(19,20)18-7-3-6(12)16-10(14)17-7/h1-3H,(H,16,17,18). The van der Waals surface area contributed by atoms with Crippen LogP contribution < -0.4 is 4.72 Å². The first-order chi connectivity index (χ1) is 9.70. The van der Waals surface area contributed by atoms with Crippen LogP contribution in [0.5, 0.6) is 0 Å².